The van der Waals surface area contributed by atoms with Crippen molar-refractivity contribution in [1.82, 2.24) is 5.01 Å². The van der Waals surface area contributed by atoms with Crippen LogP contribution in [0.15, 0.2) is 15.7 Å². The normalized spacial score (nSPS) is 26.1. The van der Waals surface area contributed by atoms with Crippen LogP contribution in [0.5, 0.6) is 0 Å². The monoisotopic (exact) mass is 240 g/mol. The predicted molar refractivity (Wildman–Crippen MR) is 65.3 cm³/mol. The Balaban J connectivity index is 2.29. The Kier molecular flexibility index (Phi) is 2.61. The highest BCUT2D eigenvalue weighted by Gasteiger charge is 2.39. The van der Waals surface area contributed by atoms with E-state index in [1.165, 1.54) is 0 Å². The summed E-state index contributed by atoms with van der Waals surface area (Å²) in [6.45, 7) is 8.29. The molecule has 3 nitrogen and oxygen atoms in total. The van der Waals surface area contributed by atoms with Gasteiger partial charge in [0.2, 0.25) is 0 Å². The summed E-state index contributed by atoms with van der Waals surface area (Å²) in [4.78, 5) is 11.9. The van der Waals surface area contributed by atoms with E-state index in [9.17, 15) is 4.79 Å². The number of fused-ring (bicyclic) bond motifs is 1. The molecule has 0 aromatic carbocycles. The fourth-order valence-corrected chi connectivity index (χ4v) is 2.28. The van der Waals surface area contributed by atoms with Crippen LogP contribution in [0.2, 0.25) is 0 Å². The van der Waals surface area contributed by atoms with E-state index in [0.717, 1.165) is 24.1 Å². The summed E-state index contributed by atoms with van der Waals surface area (Å²) in [6.07, 6.45) is 1.71. The Morgan fingerprint density at radius 1 is 1.38 bits per heavy atom. The van der Waals surface area contributed by atoms with Gasteiger partial charge < -0.3 is 0 Å². The van der Waals surface area contributed by atoms with Crippen molar-refractivity contribution in [3.63, 3.8) is 0 Å². The van der Waals surface area contributed by atoms with E-state index in [2.05, 4.69) is 25.9 Å². The van der Waals surface area contributed by atoms with Crippen molar-refractivity contribution in [2.24, 2.45) is 10.5 Å². The number of hydrazone groups is 1. The smallest absolute Gasteiger partial charge is 0.266 e. The molecule has 0 bridgehead atoms. The molecule has 2 aliphatic rings. The number of carbonyl (C=O) groups excluding carboxylic acids is 1. The molecule has 2 heterocycles. The van der Waals surface area contributed by atoms with Crippen LogP contribution >= 0.6 is 11.6 Å². The lowest BCUT2D eigenvalue weighted by molar-refractivity contribution is -0.128. The number of nitrogens with zero attached hydrogens (tertiary/aromatic N) is 2. The van der Waals surface area contributed by atoms with Gasteiger partial charge in [-0.3, -0.25) is 4.79 Å². The molecule has 0 saturated heterocycles. The minimum atomic E-state index is -0.144. The van der Waals surface area contributed by atoms with Gasteiger partial charge in [-0.25, -0.2) is 5.01 Å². The number of halogens is 1. The molecule has 0 fully saturated rings. The summed E-state index contributed by atoms with van der Waals surface area (Å²) in [5, 5.41) is 6.34. The molecule has 1 atom stereocenters. The van der Waals surface area contributed by atoms with Crippen LogP contribution < -0.4 is 0 Å². The first-order valence-electron chi connectivity index (χ1n) is 5.57. The molecule has 0 N–H and O–H groups in total. The lowest BCUT2D eigenvalue weighted by Crippen LogP contribution is -2.37. The molecule has 88 valence electrons. The average Bonchev–Trinajstić information content (AvgIpc) is 2.57. The van der Waals surface area contributed by atoms with Crippen LogP contribution in [0, 0.1) is 5.41 Å². The molecular weight excluding hydrogens is 224 g/mol. The van der Waals surface area contributed by atoms with E-state index in [4.69, 9.17) is 11.6 Å². The molecule has 1 amide bonds. The summed E-state index contributed by atoms with van der Waals surface area (Å²) in [6, 6.07) is 0.184. The van der Waals surface area contributed by atoms with Gasteiger partial charge >= 0.3 is 0 Å². The van der Waals surface area contributed by atoms with Crippen LogP contribution in [-0.4, -0.2) is 22.7 Å². The van der Waals surface area contributed by atoms with Crippen LogP contribution in [0.1, 0.15) is 40.5 Å². The van der Waals surface area contributed by atoms with E-state index in [0.29, 0.717) is 5.03 Å². The molecule has 2 rings (SSSR count). The first-order chi connectivity index (χ1) is 7.30. The van der Waals surface area contributed by atoms with Gasteiger partial charge in [-0.05, 0) is 18.9 Å². The van der Waals surface area contributed by atoms with E-state index < -0.39 is 0 Å². The van der Waals surface area contributed by atoms with Crippen LogP contribution in [-0.2, 0) is 4.79 Å². The highest BCUT2D eigenvalue weighted by molar-refractivity contribution is 6.42. The van der Waals surface area contributed by atoms with Crippen molar-refractivity contribution in [2.75, 3.05) is 0 Å². The van der Waals surface area contributed by atoms with E-state index in [-0.39, 0.29) is 17.4 Å². The van der Waals surface area contributed by atoms with Gasteiger partial charge in [-0.1, -0.05) is 32.4 Å². The van der Waals surface area contributed by atoms with Gasteiger partial charge in [0.25, 0.3) is 5.91 Å². The summed E-state index contributed by atoms with van der Waals surface area (Å²) in [7, 11) is 0. The highest BCUT2D eigenvalue weighted by Crippen LogP contribution is 2.35. The van der Waals surface area contributed by atoms with Crippen LogP contribution in [0.25, 0.3) is 0 Å². The summed E-state index contributed by atoms with van der Waals surface area (Å²) in [5.74, 6) is -0.144. The minimum absolute atomic E-state index is 0.0258. The standard InChI is InChI=1S/C12H17ClN2O/c1-7-5-8-6-9(12(2,3)4)14-15(8)11(16)10(7)13/h8H,5-6H2,1-4H3. The van der Waals surface area contributed by atoms with E-state index in [1.807, 2.05) is 6.92 Å². The van der Waals surface area contributed by atoms with Gasteiger partial charge in [-0.2, -0.15) is 5.10 Å². The number of hydrogen-bond acceptors (Lipinski definition) is 2. The Morgan fingerprint density at radius 3 is 2.56 bits per heavy atom. The maximum atomic E-state index is 11.9. The minimum Gasteiger partial charge on any atom is -0.266 e. The zero-order chi connectivity index (χ0) is 12.1. The third-order valence-electron chi connectivity index (χ3n) is 3.18. The summed E-state index contributed by atoms with van der Waals surface area (Å²) < 4.78 is 0. The van der Waals surface area contributed by atoms with E-state index in [1.54, 1.807) is 5.01 Å². The molecule has 0 aromatic rings. The summed E-state index contributed by atoms with van der Waals surface area (Å²) in [5.41, 5.74) is 2.10. The molecule has 0 spiro atoms. The van der Waals surface area contributed by atoms with E-state index >= 15 is 0 Å². The number of hydrogen-bond donors (Lipinski definition) is 0. The first kappa shape index (κ1) is 11.6. The van der Waals surface area contributed by atoms with Crippen molar-refractivity contribution in [3.8, 4) is 0 Å². The molecule has 0 radical (unpaired) electrons. The lowest BCUT2D eigenvalue weighted by Gasteiger charge is -2.27. The van der Waals surface area contributed by atoms with Gasteiger partial charge in [-0.15, -0.1) is 0 Å². The van der Waals surface area contributed by atoms with Crippen LogP contribution in [0.3, 0.4) is 0 Å². The number of carbonyl (C=O) groups is 1. The van der Waals surface area contributed by atoms with Crippen molar-refractivity contribution < 1.29 is 4.79 Å². The predicted octanol–water partition coefficient (Wildman–Crippen LogP) is 2.91. The molecular formula is C12H17ClN2O. The zero-order valence-electron chi connectivity index (χ0n) is 10.2. The van der Waals surface area contributed by atoms with Gasteiger partial charge in [0.15, 0.2) is 0 Å². The third-order valence-corrected chi connectivity index (χ3v) is 3.67. The van der Waals surface area contributed by atoms with Gasteiger partial charge in [0.05, 0.1) is 6.04 Å². The second-order valence-corrected chi connectivity index (χ2v) is 5.98. The topological polar surface area (TPSA) is 32.7 Å². The van der Waals surface area contributed by atoms with Gasteiger partial charge in [0.1, 0.15) is 5.03 Å². The lowest BCUT2D eigenvalue weighted by atomic mass is 9.85. The van der Waals surface area contributed by atoms with Crippen molar-refractivity contribution >= 4 is 23.2 Å². The average molecular weight is 241 g/mol. The second-order valence-electron chi connectivity index (χ2n) is 5.60. The maximum absolute atomic E-state index is 11.9. The molecule has 2 aliphatic heterocycles. The Hall–Kier alpha value is -0.830. The fraction of sp³-hybridized carbons (Fsp3) is 0.667. The maximum Gasteiger partial charge on any atom is 0.285 e. The molecule has 4 heteroatoms. The summed E-state index contributed by atoms with van der Waals surface area (Å²) >= 11 is 5.97. The zero-order valence-corrected chi connectivity index (χ0v) is 10.9. The molecule has 16 heavy (non-hydrogen) atoms. The van der Waals surface area contributed by atoms with Crippen LogP contribution in [0.4, 0.5) is 0 Å². The Bertz CT molecular complexity index is 404. The number of amides is 1. The highest BCUT2D eigenvalue weighted by atomic mass is 35.5. The SMILES string of the molecule is CC1=C(Cl)C(=O)N2N=C(C(C)(C)C)CC2C1. The third kappa shape index (κ3) is 1.77. The van der Waals surface area contributed by atoms with Crippen molar-refractivity contribution in [1.29, 1.82) is 0 Å². The molecule has 0 aliphatic carbocycles. The molecule has 0 saturated carbocycles. The molecule has 0 aromatic heterocycles. The Labute approximate surface area is 101 Å². The largest absolute Gasteiger partial charge is 0.285 e. The quantitative estimate of drug-likeness (QED) is 0.641. The first-order valence-corrected chi connectivity index (χ1v) is 5.95. The Morgan fingerprint density at radius 2 is 2.00 bits per heavy atom. The fourth-order valence-electron chi connectivity index (χ4n) is 2.11. The second kappa shape index (κ2) is 3.59. The van der Waals surface area contributed by atoms with Crippen molar-refractivity contribution in [3.05, 3.63) is 10.6 Å². The molecule has 1 unspecified atom stereocenters. The van der Waals surface area contributed by atoms with Crippen molar-refractivity contribution in [2.45, 2.75) is 46.6 Å². The number of rotatable bonds is 0. The van der Waals surface area contributed by atoms with Gasteiger partial charge in [0, 0.05) is 17.5 Å².